The molecule has 1 heterocycles. The molecule has 0 unspecified atom stereocenters. The molecule has 6 nitrogen and oxygen atoms in total. The third-order valence-electron chi connectivity index (χ3n) is 3.13. The fourth-order valence-electron chi connectivity index (χ4n) is 1.96. The maximum atomic E-state index is 12.4. The first-order chi connectivity index (χ1) is 11.5. The van der Waals surface area contributed by atoms with E-state index in [2.05, 4.69) is 0 Å². The van der Waals surface area contributed by atoms with Gasteiger partial charge in [0.05, 0.1) is 18.6 Å². The van der Waals surface area contributed by atoms with Crippen molar-refractivity contribution in [1.82, 2.24) is 4.90 Å². The van der Waals surface area contributed by atoms with E-state index >= 15 is 0 Å². The molecule has 1 fully saturated rings. The molecule has 0 spiro atoms. The highest BCUT2D eigenvalue weighted by atomic mass is 32.2. The van der Waals surface area contributed by atoms with Gasteiger partial charge in [-0.2, -0.15) is 0 Å². The van der Waals surface area contributed by atoms with Gasteiger partial charge >= 0.3 is 5.97 Å². The van der Waals surface area contributed by atoms with Crippen LogP contribution in [0.5, 0.6) is 11.5 Å². The smallest absolute Gasteiger partial charge is 0.326 e. The van der Waals surface area contributed by atoms with Crippen LogP contribution in [-0.2, 0) is 14.3 Å². The van der Waals surface area contributed by atoms with Gasteiger partial charge in [-0.3, -0.25) is 14.5 Å². The summed E-state index contributed by atoms with van der Waals surface area (Å²) in [6, 6.07) is 4.74. The molecule has 1 aromatic rings. The van der Waals surface area contributed by atoms with Gasteiger partial charge in [0.25, 0.3) is 5.91 Å². The number of aromatic hydroxyl groups is 1. The number of hydrogen-bond acceptors (Lipinski definition) is 7. The van der Waals surface area contributed by atoms with E-state index in [1.165, 1.54) is 18.1 Å². The summed E-state index contributed by atoms with van der Waals surface area (Å²) >= 11 is 6.28. The second-order valence-corrected chi connectivity index (χ2v) is 6.60. The third-order valence-corrected chi connectivity index (χ3v) is 4.51. The summed E-state index contributed by atoms with van der Waals surface area (Å²) in [5.41, 5.74) is 0.679. The van der Waals surface area contributed by atoms with E-state index in [9.17, 15) is 14.7 Å². The van der Waals surface area contributed by atoms with Crippen LogP contribution < -0.4 is 4.74 Å². The number of methoxy groups -OCH3 is 1. The number of benzene rings is 1. The van der Waals surface area contributed by atoms with E-state index in [0.29, 0.717) is 33.6 Å². The zero-order valence-electron chi connectivity index (χ0n) is 13.3. The maximum absolute atomic E-state index is 12.4. The molecule has 1 aromatic carbocycles. The van der Waals surface area contributed by atoms with Crippen molar-refractivity contribution < 1.29 is 24.2 Å². The van der Waals surface area contributed by atoms with Gasteiger partial charge in [0, 0.05) is 0 Å². The van der Waals surface area contributed by atoms with Crippen molar-refractivity contribution in [3.05, 3.63) is 28.7 Å². The molecular weight excluding hydrogens is 350 g/mol. The lowest BCUT2D eigenvalue weighted by Crippen LogP contribution is -2.34. The maximum Gasteiger partial charge on any atom is 0.326 e. The lowest BCUT2D eigenvalue weighted by atomic mass is 10.2. The van der Waals surface area contributed by atoms with Crippen molar-refractivity contribution in [1.29, 1.82) is 0 Å². The topological polar surface area (TPSA) is 76.1 Å². The first kappa shape index (κ1) is 18.3. The molecule has 2 rings (SSSR count). The summed E-state index contributed by atoms with van der Waals surface area (Å²) < 4.78 is 10.3. The first-order valence-corrected chi connectivity index (χ1v) is 8.46. The first-order valence-electron chi connectivity index (χ1n) is 7.24. The van der Waals surface area contributed by atoms with E-state index in [1.54, 1.807) is 18.2 Å². The van der Waals surface area contributed by atoms with Gasteiger partial charge in [-0.25, -0.2) is 0 Å². The summed E-state index contributed by atoms with van der Waals surface area (Å²) in [5, 5.41) is 9.60. The van der Waals surface area contributed by atoms with Crippen LogP contribution in [-0.4, -0.2) is 46.5 Å². The largest absolute Gasteiger partial charge is 0.504 e. The summed E-state index contributed by atoms with van der Waals surface area (Å²) in [6.07, 6.45) is 2.35. The van der Waals surface area contributed by atoms with Crippen molar-refractivity contribution in [2.75, 3.05) is 20.3 Å². The van der Waals surface area contributed by atoms with Crippen molar-refractivity contribution in [3.63, 3.8) is 0 Å². The number of thiocarbonyl (C=S) groups is 1. The summed E-state index contributed by atoms with van der Waals surface area (Å²) in [5.74, 6) is -0.505. The van der Waals surface area contributed by atoms with Gasteiger partial charge in [0.2, 0.25) is 0 Å². The molecule has 1 amide bonds. The average molecular weight is 367 g/mol. The quantitative estimate of drug-likeness (QED) is 0.470. The molecule has 0 saturated carbocycles. The predicted molar refractivity (Wildman–Crippen MR) is 95.8 cm³/mol. The van der Waals surface area contributed by atoms with Crippen molar-refractivity contribution in [2.24, 2.45) is 0 Å². The van der Waals surface area contributed by atoms with Crippen LogP contribution in [0, 0.1) is 0 Å². The molecule has 0 aromatic heterocycles. The second kappa shape index (κ2) is 8.16. The van der Waals surface area contributed by atoms with E-state index in [0.717, 1.165) is 11.8 Å². The SMILES string of the molecule is CCCOC(=O)CN1C(=O)/C(=C/c2ccc(O)c(OC)c2)SC1=S. The Balaban J connectivity index is 2.14. The number of thioether (sulfide) groups is 1. The Morgan fingerprint density at radius 2 is 2.21 bits per heavy atom. The second-order valence-electron chi connectivity index (χ2n) is 4.92. The highest BCUT2D eigenvalue weighted by Gasteiger charge is 2.33. The average Bonchev–Trinajstić information content (AvgIpc) is 2.82. The number of nitrogens with zero attached hydrogens (tertiary/aromatic N) is 1. The molecule has 1 N–H and O–H groups in total. The monoisotopic (exact) mass is 367 g/mol. The van der Waals surface area contributed by atoms with Gasteiger partial charge in [-0.15, -0.1) is 0 Å². The predicted octanol–water partition coefficient (Wildman–Crippen LogP) is 2.56. The molecular formula is C16H17NO5S2. The number of amides is 1. The number of phenols is 1. The molecule has 24 heavy (non-hydrogen) atoms. The number of rotatable bonds is 6. The Morgan fingerprint density at radius 3 is 2.88 bits per heavy atom. The van der Waals surface area contributed by atoms with Crippen molar-refractivity contribution in [3.8, 4) is 11.5 Å². The Hall–Kier alpha value is -2.06. The number of ether oxygens (including phenoxy) is 2. The lowest BCUT2D eigenvalue weighted by molar-refractivity contribution is -0.146. The minimum absolute atomic E-state index is 0.0147. The van der Waals surface area contributed by atoms with Crippen LogP contribution in [0.4, 0.5) is 0 Å². The van der Waals surface area contributed by atoms with E-state index < -0.39 is 5.97 Å². The number of hydrogen-bond donors (Lipinski definition) is 1. The van der Waals surface area contributed by atoms with Crippen molar-refractivity contribution in [2.45, 2.75) is 13.3 Å². The highest BCUT2D eigenvalue weighted by molar-refractivity contribution is 8.26. The fourth-order valence-corrected chi connectivity index (χ4v) is 3.22. The zero-order chi connectivity index (χ0) is 17.7. The Morgan fingerprint density at radius 1 is 1.46 bits per heavy atom. The number of carbonyl (C=O) groups is 2. The number of esters is 1. The van der Waals surface area contributed by atoms with E-state index in [-0.39, 0.29) is 18.2 Å². The van der Waals surface area contributed by atoms with Gasteiger partial charge in [-0.1, -0.05) is 37.0 Å². The van der Waals surface area contributed by atoms with Gasteiger partial charge < -0.3 is 14.6 Å². The molecule has 0 aliphatic carbocycles. The number of carbonyl (C=O) groups excluding carboxylic acids is 2. The minimum atomic E-state index is -0.485. The van der Waals surface area contributed by atoms with Crippen LogP contribution in [0.3, 0.4) is 0 Å². The molecule has 0 radical (unpaired) electrons. The number of phenolic OH excluding ortho intramolecular Hbond substituents is 1. The van der Waals surface area contributed by atoms with Gasteiger partial charge in [0.1, 0.15) is 10.9 Å². The Kier molecular flexibility index (Phi) is 6.22. The third kappa shape index (κ3) is 4.27. The molecule has 0 bridgehead atoms. The Labute approximate surface area is 149 Å². The van der Waals surface area contributed by atoms with E-state index in [1.807, 2.05) is 6.92 Å². The molecule has 128 valence electrons. The standard InChI is InChI=1S/C16H17NO5S2/c1-3-6-22-14(19)9-17-15(20)13(24-16(17)23)8-10-4-5-11(18)12(7-10)21-2/h4-5,7-8,18H,3,6,9H2,1-2H3/b13-8-. The van der Waals surface area contributed by atoms with Crippen LogP contribution in [0.1, 0.15) is 18.9 Å². The van der Waals surface area contributed by atoms with Crippen LogP contribution >= 0.6 is 24.0 Å². The van der Waals surface area contributed by atoms with Crippen molar-refractivity contribution >= 4 is 46.3 Å². The minimum Gasteiger partial charge on any atom is -0.504 e. The van der Waals surface area contributed by atoms with Crippen LogP contribution in [0.2, 0.25) is 0 Å². The molecule has 1 aliphatic rings. The lowest BCUT2D eigenvalue weighted by Gasteiger charge is -2.13. The summed E-state index contributed by atoms with van der Waals surface area (Å²) in [7, 11) is 1.44. The zero-order valence-corrected chi connectivity index (χ0v) is 14.9. The summed E-state index contributed by atoms with van der Waals surface area (Å²) in [4.78, 5) is 25.7. The van der Waals surface area contributed by atoms with E-state index in [4.69, 9.17) is 21.7 Å². The molecule has 8 heteroatoms. The van der Waals surface area contributed by atoms with Crippen LogP contribution in [0.15, 0.2) is 23.1 Å². The summed E-state index contributed by atoms with van der Waals surface area (Å²) in [6.45, 7) is 2.01. The van der Waals surface area contributed by atoms with Crippen LogP contribution in [0.25, 0.3) is 6.08 Å². The van der Waals surface area contributed by atoms with Gasteiger partial charge in [0.15, 0.2) is 11.5 Å². The van der Waals surface area contributed by atoms with Gasteiger partial charge in [-0.05, 0) is 30.2 Å². The normalized spacial score (nSPS) is 15.9. The molecule has 0 atom stereocenters. The fraction of sp³-hybridized carbons (Fsp3) is 0.312. The molecule has 1 aliphatic heterocycles. The highest BCUT2D eigenvalue weighted by Crippen LogP contribution is 2.34. The Bertz CT molecular complexity index is 702. The molecule has 1 saturated heterocycles.